The summed E-state index contributed by atoms with van der Waals surface area (Å²) in [4.78, 5) is 17.8. The molecule has 0 saturated carbocycles. The Morgan fingerprint density at radius 3 is 2.20 bits per heavy atom. The van der Waals surface area contributed by atoms with Crippen molar-refractivity contribution in [1.82, 2.24) is 15.1 Å². The summed E-state index contributed by atoms with van der Waals surface area (Å²) in [6.07, 6.45) is 3.68. The van der Waals surface area contributed by atoms with Crippen LogP contribution in [-0.2, 0) is 19.4 Å². The fraction of sp³-hybridized carbons (Fsp3) is 0.387. The fourth-order valence-corrected chi connectivity index (χ4v) is 5.32. The molecule has 1 N–H and O–H groups in total. The van der Waals surface area contributed by atoms with Gasteiger partial charge >= 0.3 is 0 Å². The summed E-state index contributed by atoms with van der Waals surface area (Å²) >= 11 is 0. The molecule has 2 aliphatic heterocycles. The molecule has 0 bridgehead atoms. The summed E-state index contributed by atoms with van der Waals surface area (Å²) in [6, 6.07) is 25.9. The molecule has 1 saturated heterocycles. The average molecular weight is 468 g/mol. The van der Waals surface area contributed by atoms with E-state index >= 15 is 0 Å². The molecule has 1 fully saturated rings. The number of ketones is 1. The molecular weight excluding hydrogens is 430 g/mol. The lowest BCUT2D eigenvalue weighted by atomic mass is 9.97. The molecule has 2 heterocycles. The number of carbonyl (C=O) groups excluding carboxylic acids is 1. The summed E-state index contributed by atoms with van der Waals surface area (Å²) < 4.78 is 0. The number of hydrogen-bond acceptors (Lipinski definition) is 4. The maximum Gasteiger partial charge on any atom is 0.162 e. The van der Waals surface area contributed by atoms with Gasteiger partial charge in [-0.3, -0.25) is 9.69 Å². The quantitative estimate of drug-likeness (QED) is 0.482. The summed E-state index contributed by atoms with van der Waals surface area (Å²) in [5, 5.41) is 3.44. The number of nitrogens with zero attached hydrogens (tertiary/aromatic N) is 2. The number of nitrogens with one attached hydrogen (secondary N) is 1. The Hall–Kier alpha value is -2.79. The Morgan fingerprint density at radius 1 is 0.743 bits per heavy atom. The predicted molar refractivity (Wildman–Crippen MR) is 144 cm³/mol. The molecule has 35 heavy (non-hydrogen) atoms. The van der Waals surface area contributed by atoms with Gasteiger partial charge in [0.1, 0.15) is 0 Å². The first-order valence-electron chi connectivity index (χ1n) is 13.2. The standard InChI is InChI=1S/C31H37N3O/c35-31(30-13-12-28-14-16-32-17-15-29(28)23-30)7-4-18-33-19-21-34(22-20-33)24-25-8-10-27(11-9-25)26-5-2-1-3-6-26/h1-3,5-6,8-13,23,32H,4,7,14-22,24H2. The highest BCUT2D eigenvalue weighted by Crippen LogP contribution is 2.20. The second kappa shape index (κ2) is 11.8. The molecule has 0 aliphatic carbocycles. The Bertz CT molecular complexity index is 1100. The van der Waals surface area contributed by atoms with E-state index < -0.39 is 0 Å². The molecular formula is C31H37N3O. The minimum absolute atomic E-state index is 0.294. The highest BCUT2D eigenvalue weighted by molar-refractivity contribution is 5.96. The Kier molecular flexibility index (Phi) is 8.04. The van der Waals surface area contributed by atoms with E-state index in [1.54, 1.807) is 0 Å². The van der Waals surface area contributed by atoms with Gasteiger partial charge in [0, 0.05) is 44.7 Å². The van der Waals surface area contributed by atoms with Crippen LogP contribution in [0, 0.1) is 0 Å². The number of Topliss-reactive ketones (excluding diaryl/α,β-unsaturated/α-hetero) is 1. The molecule has 5 rings (SSSR count). The van der Waals surface area contributed by atoms with Gasteiger partial charge < -0.3 is 10.2 Å². The van der Waals surface area contributed by atoms with E-state index in [9.17, 15) is 4.79 Å². The van der Waals surface area contributed by atoms with E-state index in [4.69, 9.17) is 0 Å². The van der Waals surface area contributed by atoms with Crippen LogP contribution in [-0.4, -0.2) is 61.4 Å². The second-order valence-electron chi connectivity index (χ2n) is 9.94. The molecule has 0 atom stereocenters. The van der Waals surface area contributed by atoms with Gasteiger partial charge in [0.05, 0.1) is 0 Å². The molecule has 0 aromatic heterocycles. The maximum absolute atomic E-state index is 12.8. The minimum atomic E-state index is 0.294. The van der Waals surface area contributed by atoms with Crippen molar-refractivity contribution in [2.24, 2.45) is 0 Å². The third-order valence-electron chi connectivity index (χ3n) is 7.48. The molecule has 182 valence electrons. The van der Waals surface area contributed by atoms with E-state index in [0.29, 0.717) is 12.2 Å². The first kappa shape index (κ1) is 23.9. The molecule has 0 amide bonds. The van der Waals surface area contributed by atoms with Crippen LogP contribution in [0.5, 0.6) is 0 Å². The average Bonchev–Trinajstić information content (AvgIpc) is 3.16. The zero-order valence-electron chi connectivity index (χ0n) is 20.7. The molecule has 2 aliphatic rings. The molecule has 0 radical (unpaired) electrons. The van der Waals surface area contributed by atoms with Gasteiger partial charge in [0.25, 0.3) is 0 Å². The van der Waals surface area contributed by atoms with E-state index in [2.05, 4.69) is 81.8 Å². The van der Waals surface area contributed by atoms with E-state index in [-0.39, 0.29) is 0 Å². The lowest BCUT2D eigenvalue weighted by molar-refractivity contribution is 0.0959. The van der Waals surface area contributed by atoms with Crippen molar-refractivity contribution in [2.45, 2.75) is 32.2 Å². The van der Waals surface area contributed by atoms with Gasteiger partial charge in [-0.2, -0.15) is 0 Å². The predicted octanol–water partition coefficient (Wildman–Crippen LogP) is 4.82. The van der Waals surface area contributed by atoms with Gasteiger partial charge in [-0.25, -0.2) is 0 Å². The summed E-state index contributed by atoms with van der Waals surface area (Å²) in [5.41, 5.74) is 7.57. The Labute approximate surface area is 210 Å². The summed E-state index contributed by atoms with van der Waals surface area (Å²) in [5.74, 6) is 0.294. The number of rotatable bonds is 8. The second-order valence-corrected chi connectivity index (χ2v) is 9.94. The van der Waals surface area contributed by atoms with Gasteiger partial charge in [-0.05, 0) is 72.8 Å². The largest absolute Gasteiger partial charge is 0.316 e. The monoisotopic (exact) mass is 467 g/mol. The van der Waals surface area contributed by atoms with Crippen LogP contribution >= 0.6 is 0 Å². The molecule has 0 unspecified atom stereocenters. The normalized spacial score (nSPS) is 17.0. The topological polar surface area (TPSA) is 35.6 Å². The van der Waals surface area contributed by atoms with Crippen LogP contribution < -0.4 is 5.32 Å². The minimum Gasteiger partial charge on any atom is -0.316 e. The zero-order chi connectivity index (χ0) is 23.9. The Balaban J connectivity index is 1.03. The molecule has 0 spiro atoms. The van der Waals surface area contributed by atoms with Crippen LogP contribution in [0.15, 0.2) is 72.8 Å². The first-order valence-corrected chi connectivity index (χ1v) is 13.2. The van der Waals surface area contributed by atoms with Gasteiger partial charge in [-0.1, -0.05) is 66.7 Å². The number of carbonyl (C=O) groups is 1. The molecule has 4 heteroatoms. The van der Waals surface area contributed by atoms with Gasteiger partial charge in [0.15, 0.2) is 5.78 Å². The highest BCUT2D eigenvalue weighted by atomic mass is 16.1. The zero-order valence-corrected chi connectivity index (χ0v) is 20.7. The van der Waals surface area contributed by atoms with E-state index in [1.165, 1.54) is 27.8 Å². The van der Waals surface area contributed by atoms with Crippen molar-refractivity contribution in [2.75, 3.05) is 45.8 Å². The van der Waals surface area contributed by atoms with E-state index in [1.807, 2.05) is 6.07 Å². The third kappa shape index (κ3) is 6.46. The van der Waals surface area contributed by atoms with Crippen molar-refractivity contribution in [1.29, 1.82) is 0 Å². The summed E-state index contributed by atoms with van der Waals surface area (Å²) in [6.45, 7) is 8.42. The van der Waals surface area contributed by atoms with Crippen LogP contribution in [0.3, 0.4) is 0 Å². The Morgan fingerprint density at radius 2 is 1.43 bits per heavy atom. The van der Waals surface area contributed by atoms with Crippen LogP contribution in [0.1, 0.15) is 39.9 Å². The number of benzene rings is 3. The number of hydrogen-bond donors (Lipinski definition) is 1. The van der Waals surface area contributed by atoms with Crippen molar-refractivity contribution in [3.63, 3.8) is 0 Å². The van der Waals surface area contributed by atoms with Crippen molar-refractivity contribution in [3.8, 4) is 11.1 Å². The van der Waals surface area contributed by atoms with Crippen LogP contribution in [0.4, 0.5) is 0 Å². The van der Waals surface area contributed by atoms with Gasteiger partial charge in [0.2, 0.25) is 0 Å². The highest BCUT2D eigenvalue weighted by Gasteiger charge is 2.18. The SMILES string of the molecule is O=C(CCCN1CCN(Cc2ccc(-c3ccccc3)cc2)CC1)c1ccc2c(c1)CCNCC2. The number of piperazine rings is 1. The molecule has 3 aromatic rings. The lowest BCUT2D eigenvalue weighted by Crippen LogP contribution is -2.46. The van der Waals surface area contributed by atoms with Crippen molar-refractivity contribution in [3.05, 3.63) is 95.1 Å². The van der Waals surface area contributed by atoms with Crippen LogP contribution in [0.25, 0.3) is 11.1 Å². The van der Waals surface area contributed by atoms with E-state index in [0.717, 1.165) is 77.2 Å². The maximum atomic E-state index is 12.8. The molecule has 4 nitrogen and oxygen atoms in total. The lowest BCUT2D eigenvalue weighted by Gasteiger charge is -2.34. The van der Waals surface area contributed by atoms with Crippen molar-refractivity contribution < 1.29 is 4.79 Å². The van der Waals surface area contributed by atoms with Crippen LogP contribution in [0.2, 0.25) is 0 Å². The van der Waals surface area contributed by atoms with Crippen molar-refractivity contribution >= 4 is 5.78 Å². The number of fused-ring (bicyclic) bond motifs is 1. The first-order chi connectivity index (χ1) is 17.2. The molecule has 3 aromatic carbocycles. The van der Waals surface area contributed by atoms with Gasteiger partial charge in [-0.15, -0.1) is 0 Å². The fourth-order valence-electron chi connectivity index (χ4n) is 5.32. The summed E-state index contributed by atoms with van der Waals surface area (Å²) in [7, 11) is 0. The smallest absolute Gasteiger partial charge is 0.162 e. The third-order valence-corrected chi connectivity index (χ3v) is 7.48.